The van der Waals surface area contributed by atoms with Crippen LogP contribution in [0.5, 0.6) is 0 Å². The Morgan fingerprint density at radius 3 is 2.67 bits per heavy atom. The van der Waals surface area contributed by atoms with Crippen molar-refractivity contribution in [3.63, 3.8) is 0 Å². The highest BCUT2D eigenvalue weighted by molar-refractivity contribution is 7.17. The maximum absolute atomic E-state index is 12.2. The van der Waals surface area contributed by atoms with Gasteiger partial charge in [0.05, 0.1) is 16.4 Å². The molecule has 2 rings (SSSR count). The zero-order valence-corrected chi connectivity index (χ0v) is 13.1. The van der Waals surface area contributed by atoms with Gasteiger partial charge in [0.1, 0.15) is 4.88 Å². The number of halogens is 1. The maximum Gasteiger partial charge on any atom is 0.267 e. The molecule has 21 heavy (non-hydrogen) atoms. The molecule has 0 fully saturated rings. The third-order valence-electron chi connectivity index (χ3n) is 2.69. The number of nitrogens with zero attached hydrogens (tertiary/aromatic N) is 1. The summed E-state index contributed by atoms with van der Waals surface area (Å²) in [6, 6.07) is 6.99. The van der Waals surface area contributed by atoms with Gasteiger partial charge in [-0.1, -0.05) is 42.0 Å². The molecular weight excluding hydrogens is 310 g/mol. The number of hydrogen-bond acceptors (Lipinski definition) is 4. The minimum absolute atomic E-state index is 0.137. The maximum atomic E-state index is 12.2. The first-order chi connectivity index (χ1) is 10.0. The van der Waals surface area contributed by atoms with Crippen LogP contribution in [0.1, 0.15) is 28.7 Å². The van der Waals surface area contributed by atoms with E-state index in [0.29, 0.717) is 32.8 Å². The number of benzene rings is 1. The molecule has 0 atom stereocenters. The number of anilines is 2. The second kappa shape index (κ2) is 6.69. The van der Waals surface area contributed by atoms with Gasteiger partial charge in [0, 0.05) is 6.42 Å². The molecule has 110 valence electrons. The van der Waals surface area contributed by atoms with Crippen molar-refractivity contribution < 1.29 is 9.59 Å². The van der Waals surface area contributed by atoms with E-state index < -0.39 is 0 Å². The fraction of sp³-hybridized carbons (Fsp3) is 0.214. The van der Waals surface area contributed by atoms with E-state index in [-0.39, 0.29) is 11.8 Å². The lowest BCUT2D eigenvalue weighted by Crippen LogP contribution is -2.11. The Bertz CT molecular complexity index is 685. The SMILES string of the molecule is CCC(=O)Nc1nc(C)c(C(=O)Nc2ccccc2Cl)s1. The Labute approximate surface area is 131 Å². The summed E-state index contributed by atoms with van der Waals surface area (Å²) in [6.45, 7) is 3.47. The third kappa shape index (κ3) is 3.80. The first kappa shape index (κ1) is 15.5. The van der Waals surface area contributed by atoms with Crippen molar-refractivity contribution in [1.82, 2.24) is 4.98 Å². The Morgan fingerprint density at radius 1 is 1.29 bits per heavy atom. The molecular formula is C14H14ClN3O2S. The zero-order valence-electron chi connectivity index (χ0n) is 11.6. The Kier molecular flexibility index (Phi) is 4.93. The summed E-state index contributed by atoms with van der Waals surface area (Å²) in [5, 5.41) is 6.27. The number of carbonyl (C=O) groups excluding carboxylic acids is 2. The standard InChI is InChI=1S/C14H14ClN3O2S/c1-3-11(19)18-14-16-8(2)12(21-14)13(20)17-10-7-5-4-6-9(10)15/h4-7H,3H2,1-2H3,(H,17,20)(H,16,18,19). The average Bonchev–Trinajstić information content (AvgIpc) is 2.82. The molecule has 7 heteroatoms. The highest BCUT2D eigenvalue weighted by Crippen LogP contribution is 2.26. The van der Waals surface area contributed by atoms with Gasteiger partial charge in [0.15, 0.2) is 5.13 Å². The molecule has 1 aromatic carbocycles. The van der Waals surface area contributed by atoms with Crippen molar-refractivity contribution in [2.24, 2.45) is 0 Å². The van der Waals surface area contributed by atoms with E-state index in [1.165, 1.54) is 0 Å². The van der Waals surface area contributed by atoms with Crippen LogP contribution in [0, 0.1) is 6.92 Å². The molecule has 0 saturated heterocycles. The molecule has 0 aliphatic carbocycles. The molecule has 0 spiro atoms. The third-order valence-corrected chi connectivity index (χ3v) is 4.09. The molecule has 5 nitrogen and oxygen atoms in total. The second-order valence-corrected chi connectivity index (χ2v) is 5.68. The molecule has 0 aliphatic heterocycles. The van der Waals surface area contributed by atoms with Gasteiger partial charge in [-0.15, -0.1) is 0 Å². The minimum Gasteiger partial charge on any atom is -0.320 e. The van der Waals surface area contributed by atoms with Crippen LogP contribution >= 0.6 is 22.9 Å². The van der Waals surface area contributed by atoms with Crippen molar-refractivity contribution in [2.75, 3.05) is 10.6 Å². The fourth-order valence-corrected chi connectivity index (χ4v) is 2.67. The lowest BCUT2D eigenvalue weighted by atomic mass is 10.3. The van der Waals surface area contributed by atoms with Crippen molar-refractivity contribution in [1.29, 1.82) is 0 Å². The van der Waals surface area contributed by atoms with Crippen LogP contribution in [0.15, 0.2) is 24.3 Å². The van der Waals surface area contributed by atoms with Gasteiger partial charge in [-0.05, 0) is 19.1 Å². The molecule has 0 bridgehead atoms. The number of aryl methyl sites for hydroxylation is 1. The van der Waals surface area contributed by atoms with Gasteiger partial charge in [-0.2, -0.15) is 0 Å². The summed E-state index contributed by atoms with van der Waals surface area (Å²) in [4.78, 5) is 28.2. The smallest absolute Gasteiger partial charge is 0.267 e. The number of thiazole rings is 1. The average molecular weight is 324 g/mol. The van der Waals surface area contributed by atoms with E-state index in [0.717, 1.165) is 11.3 Å². The van der Waals surface area contributed by atoms with Crippen molar-refractivity contribution in [3.05, 3.63) is 39.9 Å². The van der Waals surface area contributed by atoms with Gasteiger partial charge in [0.2, 0.25) is 5.91 Å². The normalized spacial score (nSPS) is 10.2. The van der Waals surface area contributed by atoms with Gasteiger partial charge < -0.3 is 10.6 Å². The van der Waals surface area contributed by atoms with Crippen LogP contribution in [0.3, 0.4) is 0 Å². The van der Waals surface area contributed by atoms with Crippen molar-refractivity contribution >= 4 is 45.6 Å². The molecule has 0 saturated carbocycles. The topological polar surface area (TPSA) is 71.1 Å². The molecule has 0 unspecified atom stereocenters. The Balaban J connectivity index is 2.16. The van der Waals surface area contributed by atoms with E-state index in [9.17, 15) is 9.59 Å². The van der Waals surface area contributed by atoms with E-state index in [4.69, 9.17) is 11.6 Å². The number of hydrogen-bond donors (Lipinski definition) is 2. The monoisotopic (exact) mass is 323 g/mol. The van der Waals surface area contributed by atoms with E-state index in [2.05, 4.69) is 15.6 Å². The Hall–Kier alpha value is -1.92. The second-order valence-electron chi connectivity index (χ2n) is 4.27. The lowest BCUT2D eigenvalue weighted by molar-refractivity contribution is -0.115. The molecule has 2 N–H and O–H groups in total. The molecule has 2 amide bonds. The predicted octanol–water partition coefficient (Wildman–Crippen LogP) is 3.71. The van der Waals surface area contributed by atoms with E-state index in [1.54, 1.807) is 38.1 Å². The van der Waals surface area contributed by atoms with Crippen molar-refractivity contribution in [2.45, 2.75) is 20.3 Å². The van der Waals surface area contributed by atoms with Crippen LogP contribution in [-0.4, -0.2) is 16.8 Å². The zero-order chi connectivity index (χ0) is 15.4. The lowest BCUT2D eigenvalue weighted by Gasteiger charge is -2.05. The summed E-state index contributed by atoms with van der Waals surface area (Å²) >= 11 is 7.14. The molecule has 0 aliphatic rings. The highest BCUT2D eigenvalue weighted by Gasteiger charge is 2.17. The van der Waals surface area contributed by atoms with E-state index in [1.807, 2.05) is 0 Å². The first-order valence-corrected chi connectivity index (χ1v) is 7.54. The number of carbonyl (C=O) groups is 2. The summed E-state index contributed by atoms with van der Waals surface area (Å²) in [7, 11) is 0. The Morgan fingerprint density at radius 2 is 2.00 bits per heavy atom. The number of rotatable bonds is 4. The summed E-state index contributed by atoms with van der Waals surface area (Å²) in [6.07, 6.45) is 0.361. The highest BCUT2D eigenvalue weighted by atomic mass is 35.5. The number of nitrogens with one attached hydrogen (secondary N) is 2. The molecule has 0 radical (unpaired) electrons. The van der Waals surface area contributed by atoms with Crippen LogP contribution in [0.25, 0.3) is 0 Å². The van der Waals surface area contributed by atoms with Gasteiger partial charge in [-0.25, -0.2) is 4.98 Å². The van der Waals surface area contributed by atoms with Crippen LogP contribution in [0.2, 0.25) is 5.02 Å². The largest absolute Gasteiger partial charge is 0.320 e. The summed E-state index contributed by atoms with van der Waals surface area (Å²) in [5.41, 5.74) is 1.10. The summed E-state index contributed by atoms with van der Waals surface area (Å²) in [5.74, 6) is -0.433. The number of amides is 2. The quantitative estimate of drug-likeness (QED) is 0.901. The van der Waals surface area contributed by atoms with E-state index >= 15 is 0 Å². The molecule has 1 heterocycles. The molecule has 1 aromatic heterocycles. The van der Waals surface area contributed by atoms with Gasteiger partial charge in [0.25, 0.3) is 5.91 Å². The van der Waals surface area contributed by atoms with Crippen LogP contribution in [-0.2, 0) is 4.79 Å². The van der Waals surface area contributed by atoms with Gasteiger partial charge in [-0.3, -0.25) is 9.59 Å². The number of aromatic nitrogens is 1. The predicted molar refractivity (Wildman–Crippen MR) is 85.2 cm³/mol. The van der Waals surface area contributed by atoms with Crippen molar-refractivity contribution in [3.8, 4) is 0 Å². The fourth-order valence-electron chi connectivity index (χ4n) is 1.61. The molecule has 2 aromatic rings. The van der Waals surface area contributed by atoms with Crippen LogP contribution < -0.4 is 10.6 Å². The van der Waals surface area contributed by atoms with Gasteiger partial charge >= 0.3 is 0 Å². The number of para-hydroxylation sites is 1. The minimum atomic E-state index is -0.296. The first-order valence-electron chi connectivity index (χ1n) is 6.34. The summed E-state index contributed by atoms with van der Waals surface area (Å²) < 4.78 is 0. The van der Waals surface area contributed by atoms with Crippen LogP contribution in [0.4, 0.5) is 10.8 Å².